The first kappa shape index (κ1) is 15.8. The van der Waals surface area contributed by atoms with E-state index >= 15 is 0 Å². The molecule has 5 atom stereocenters. The maximum absolute atomic E-state index is 12.4. The van der Waals surface area contributed by atoms with E-state index < -0.39 is 35.3 Å². The largest absolute Gasteiger partial charge is 0.481 e. The zero-order chi connectivity index (χ0) is 15.9. The first-order chi connectivity index (χ1) is 9.68. The van der Waals surface area contributed by atoms with Gasteiger partial charge < -0.3 is 21.3 Å². The highest BCUT2D eigenvalue weighted by molar-refractivity contribution is 5.92. The first-order valence-corrected chi connectivity index (χ1v) is 7.24. The van der Waals surface area contributed by atoms with E-state index in [2.05, 4.69) is 5.32 Å². The number of nitrogens with one attached hydrogen (secondary N) is 1. The molecule has 7 heteroatoms. The number of fused-ring (bicyclic) bond motifs is 1. The molecule has 0 aromatic rings. The van der Waals surface area contributed by atoms with Crippen LogP contribution in [0, 0.1) is 23.7 Å². The van der Waals surface area contributed by atoms with Crippen LogP contribution in [0.3, 0.4) is 0 Å². The number of hydrogen-bond donors (Lipinski definition) is 4. The Morgan fingerprint density at radius 1 is 1.33 bits per heavy atom. The molecule has 0 unspecified atom stereocenters. The SMILES string of the molecule is CC(C)C[C@H](NC(=O)[C@]1(N)CC[C@H]2[C@H](C(=O)O)[C@H]21)C(=O)O. The summed E-state index contributed by atoms with van der Waals surface area (Å²) in [7, 11) is 0. The molecule has 118 valence electrons. The summed E-state index contributed by atoms with van der Waals surface area (Å²) in [4.78, 5) is 34.7. The molecule has 21 heavy (non-hydrogen) atoms. The molecular weight excluding hydrogens is 276 g/mol. The van der Waals surface area contributed by atoms with Crippen LogP contribution in [0.25, 0.3) is 0 Å². The minimum atomic E-state index is -1.25. The van der Waals surface area contributed by atoms with E-state index in [1.54, 1.807) is 0 Å². The third kappa shape index (κ3) is 2.74. The third-order valence-electron chi connectivity index (χ3n) is 4.67. The van der Waals surface area contributed by atoms with Crippen molar-refractivity contribution in [3.8, 4) is 0 Å². The van der Waals surface area contributed by atoms with Crippen molar-refractivity contribution in [3.63, 3.8) is 0 Å². The standard InChI is InChI=1S/C14H22N2O5/c1-6(2)5-8(11(17)18)16-13(21)14(15)4-3-7-9(10(7)14)12(19)20/h6-10H,3-5,15H2,1-2H3,(H,16,21)(H,17,18)(H,19,20)/t7-,8-,9-,10-,14-/m0/s1. The molecule has 7 nitrogen and oxygen atoms in total. The van der Waals surface area contributed by atoms with Gasteiger partial charge in [-0.15, -0.1) is 0 Å². The van der Waals surface area contributed by atoms with Crippen molar-refractivity contribution in [2.45, 2.75) is 44.7 Å². The summed E-state index contributed by atoms with van der Waals surface area (Å²) in [6.07, 6.45) is 1.33. The fraction of sp³-hybridized carbons (Fsp3) is 0.786. The van der Waals surface area contributed by atoms with Crippen LogP contribution >= 0.6 is 0 Å². The van der Waals surface area contributed by atoms with Crippen LogP contribution in [-0.2, 0) is 14.4 Å². The molecule has 1 amide bonds. The Hall–Kier alpha value is -1.63. The monoisotopic (exact) mass is 298 g/mol. The van der Waals surface area contributed by atoms with Crippen molar-refractivity contribution in [2.75, 3.05) is 0 Å². The number of amides is 1. The molecular formula is C14H22N2O5. The van der Waals surface area contributed by atoms with Gasteiger partial charge >= 0.3 is 11.9 Å². The van der Waals surface area contributed by atoms with E-state index in [0.29, 0.717) is 19.3 Å². The highest BCUT2D eigenvalue weighted by Crippen LogP contribution is 2.61. The summed E-state index contributed by atoms with van der Waals surface area (Å²) >= 11 is 0. The lowest BCUT2D eigenvalue weighted by Gasteiger charge is -2.28. The van der Waals surface area contributed by atoms with Crippen LogP contribution in [0.1, 0.15) is 33.1 Å². The van der Waals surface area contributed by atoms with E-state index in [0.717, 1.165) is 0 Å². The van der Waals surface area contributed by atoms with Gasteiger partial charge in [0, 0.05) is 5.92 Å². The van der Waals surface area contributed by atoms with Crippen molar-refractivity contribution in [1.82, 2.24) is 5.32 Å². The summed E-state index contributed by atoms with van der Waals surface area (Å²) in [6.45, 7) is 3.74. The zero-order valence-corrected chi connectivity index (χ0v) is 12.2. The van der Waals surface area contributed by atoms with Crippen molar-refractivity contribution in [2.24, 2.45) is 29.4 Å². The van der Waals surface area contributed by atoms with E-state index in [-0.39, 0.29) is 17.8 Å². The number of carbonyl (C=O) groups is 3. The van der Waals surface area contributed by atoms with Crippen LogP contribution in [0.15, 0.2) is 0 Å². The van der Waals surface area contributed by atoms with Crippen LogP contribution in [0.5, 0.6) is 0 Å². The van der Waals surface area contributed by atoms with Crippen molar-refractivity contribution < 1.29 is 24.6 Å². The predicted octanol–water partition coefficient (Wildman–Crippen LogP) is 0.0400. The molecule has 0 aromatic heterocycles. The lowest BCUT2D eigenvalue weighted by molar-refractivity contribution is -0.144. The third-order valence-corrected chi connectivity index (χ3v) is 4.67. The maximum atomic E-state index is 12.4. The minimum Gasteiger partial charge on any atom is -0.481 e. The summed E-state index contributed by atoms with van der Waals surface area (Å²) in [6, 6.07) is -0.987. The molecule has 0 saturated heterocycles. The maximum Gasteiger partial charge on any atom is 0.326 e. The number of rotatable bonds is 6. The van der Waals surface area contributed by atoms with Gasteiger partial charge in [0.05, 0.1) is 11.5 Å². The Bertz CT molecular complexity index is 478. The van der Waals surface area contributed by atoms with Crippen LogP contribution in [-0.4, -0.2) is 39.6 Å². The Balaban J connectivity index is 2.06. The van der Waals surface area contributed by atoms with Gasteiger partial charge in [-0.3, -0.25) is 9.59 Å². The highest BCUT2D eigenvalue weighted by atomic mass is 16.4. The summed E-state index contributed by atoms with van der Waals surface area (Å²) < 4.78 is 0. The zero-order valence-electron chi connectivity index (χ0n) is 12.2. The second-order valence-corrected chi connectivity index (χ2v) is 6.63. The Kier molecular flexibility index (Phi) is 3.97. The second-order valence-electron chi connectivity index (χ2n) is 6.63. The topological polar surface area (TPSA) is 130 Å². The average molecular weight is 298 g/mol. The fourth-order valence-corrected chi connectivity index (χ4v) is 3.59. The van der Waals surface area contributed by atoms with Gasteiger partial charge in [-0.2, -0.15) is 0 Å². The molecule has 2 fully saturated rings. The quantitative estimate of drug-likeness (QED) is 0.548. The summed E-state index contributed by atoms with van der Waals surface area (Å²) in [5.74, 6) is -3.43. The number of nitrogens with two attached hydrogens (primary N) is 1. The number of aliphatic carboxylic acids is 2. The molecule has 0 bridgehead atoms. The molecule has 0 radical (unpaired) electrons. The number of carboxylic acids is 2. The number of hydrogen-bond acceptors (Lipinski definition) is 4. The van der Waals surface area contributed by atoms with E-state index in [1.807, 2.05) is 13.8 Å². The van der Waals surface area contributed by atoms with Crippen molar-refractivity contribution in [1.29, 1.82) is 0 Å². The van der Waals surface area contributed by atoms with Gasteiger partial charge in [-0.05, 0) is 31.1 Å². The van der Waals surface area contributed by atoms with Gasteiger partial charge in [0.1, 0.15) is 6.04 Å². The van der Waals surface area contributed by atoms with Crippen LogP contribution in [0.2, 0.25) is 0 Å². The van der Waals surface area contributed by atoms with E-state index in [9.17, 15) is 14.4 Å². The van der Waals surface area contributed by atoms with Crippen LogP contribution < -0.4 is 11.1 Å². The molecule has 0 aliphatic heterocycles. The Morgan fingerprint density at radius 2 is 1.95 bits per heavy atom. The summed E-state index contributed by atoms with van der Waals surface area (Å²) in [5, 5.41) is 20.7. The lowest BCUT2D eigenvalue weighted by Crippen LogP contribution is -2.58. The van der Waals surface area contributed by atoms with Gasteiger partial charge in [0.25, 0.3) is 0 Å². The highest BCUT2D eigenvalue weighted by Gasteiger charge is 2.69. The Morgan fingerprint density at radius 3 is 2.38 bits per heavy atom. The molecule has 2 saturated carbocycles. The minimum absolute atomic E-state index is 0.0494. The Labute approximate surface area is 122 Å². The normalized spacial score (nSPS) is 35.1. The molecule has 2 rings (SSSR count). The number of carboxylic acid groups (broad SMARTS) is 2. The molecule has 2 aliphatic carbocycles. The van der Waals surface area contributed by atoms with Crippen LogP contribution in [0.4, 0.5) is 0 Å². The first-order valence-electron chi connectivity index (χ1n) is 7.24. The average Bonchev–Trinajstić information content (AvgIpc) is 3.01. The molecule has 0 aromatic carbocycles. The molecule has 0 spiro atoms. The fourth-order valence-electron chi connectivity index (χ4n) is 3.59. The van der Waals surface area contributed by atoms with Crippen molar-refractivity contribution in [3.05, 3.63) is 0 Å². The number of carbonyl (C=O) groups excluding carboxylic acids is 1. The van der Waals surface area contributed by atoms with Gasteiger partial charge in [-0.1, -0.05) is 13.8 Å². The smallest absolute Gasteiger partial charge is 0.326 e. The van der Waals surface area contributed by atoms with Gasteiger partial charge in [0.2, 0.25) is 5.91 Å². The molecule has 5 N–H and O–H groups in total. The predicted molar refractivity (Wildman–Crippen MR) is 73.3 cm³/mol. The summed E-state index contributed by atoms with van der Waals surface area (Å²) in [5.41, 5.74) is 4.88. The van der Waals surface area contributed by atoms with Crippen molar-refractivity contribution >= 4 is 17.8 Å². The van der Waals surface area contributed by atoms with Gasteiger partial charge in [0.15, 0.2) is 0 Å². The molecule has 2 aliphatic rings. The lowest BCUT2D eigenvalue weighted by atomic mass is 9.89. The second kappa shape index (κ2) is 5.29. The van der Waals surface area contributed by atoms with E-state index in [4.69, 9.17) is 15.9 Å². The van der Waals surface area contributed by atoms with E-state index in [1.165, 1.54) is 0 Å². The van der Waals surface area contributed by atoms with Gasteiger partial charge in [-0.25, -0.2) is 4.79 Å². The molecule has 0 heterocycles.